The van der Waals surface area contributed by atoms with Crippen LogP contribution in [0.2, 0.25) is 0 Å². The molecule has 0 aromatic heterocycles. The average Bonchev–Trinajstić information content (AvgIpc) is 2.27. The van der Waals surface area contributed by atoms with E-state index in [4.69, 9.17) is 9.84 Å². The van der Waals surface area contributed by atoms with E-state index in [9.17, 15) is 9.59 Å². The van der Waals surface area contributed by atoms with Crippen molar-refractivity contribution in [2.24, 2.45) is 5.92 Å². The quantitative estimate of drug-likeness (QED) is 0.793. The molecule has 96 valence electrons. The zero-order valence-corrected chi connectivity index (χ0v) is 9.93. The minimum absolute atomic E-state index is 0.000684. The summed E-state index contributed by atoms with van der Waals surface area (Å²) >= 11 is 0. The summed E-state index contributed by atoms with van der Waals surface area (Å²) < 4.78 is 5.46. The molecule has 1 aliphatic heterocycles. The summed E-state index contributed by atoms with van der Waals surface area (Å²) in [5.74, 6) is -1.03. The Morgan fingerprint density at radius 2 is 1.82 bits per heavy atom. The van der Waals surface area contributed by atoms with Gasteiger partial charge < -0.3 is 14.7 Å². The standard InChI is InChI=1S/C12H19NO4/c14-11(8-17-10-2-1-3-10)13-6-4-9(5-7-13)12(15)16/h9-10H,1-8H2,(H,15,16). The first-order chi connectivity index (χ1) is 8.16. The van der Waals surface area contributed by atoms with E-state index in [1.807, 2.05) is 0 Å². The first-order valence-electron chi connectivity index (χ1n) is 6.29. The largest absolute Gasteiger partial charge is 0.481 e. The topological polar surface area (TPSA) is 66.8 Å². The van der Waals surface area contributed by atoms with Crippen molar-refractivity contribution in [2.75, 3.05) is 19.7 Å². The first-order valence-corrected chi connectivity index (χ1v) is 6.29. The number of carbonyl (C=O) groups is 2. The molecular weight excluding hydrogens is 222 g/mol. The summed E-state index contributed by atoms with van der Waals surface area (Å²) in [6.07, 6.45) is 4.72. The number of hydrogen-bond acceptors (Lipinski definition) is 3. The second-order valence-electron chi connectivity index (χ2n) is 4.86. The lowest BCUT2D eigenvalue weighted by Crippen LogP contribution is -2.42. The lowest BCUT2D eigenvalue weighted by atomic mass is 9.96. The van der Waals surface area contributed by atoms with E-state index >= 15 is 0 Å². The highest BCUT2D eigenvalue weighted by Crippen LogP contribution is 2.22. The van der Waals surface area contributed by atoms with Gasteiger partial charge in [-0.05, 0) is 32.1 Å². The van der Waals surface area contributed by atoms with Gasteiger partial charge in [0.1, 0.15) is 6.61 Å². The molecule has 1 aliphatic carbocycles. The van der Waals surface area contributed by atoms with Gasteiger partial charge in [0.05, 0.1) is 12.0 Å². The van der Waals surface area contributed by atoms with Crippen molar-refractivity contribution in [1.82, 2.24) is 4.90 Å². The Morgan fingerprint density at radius 1 is 1.18 bits per heavy atom. The number of amides is 1. The summed E-state index contributed by atoms with van der Waals surface area (Å²) in [6, 6.07) is 0. The number of aliphatic carboxylic acids is 1. The third kappa shape index (κ3) is 3.19. The Bertz CT molecular complexity index is 293. The van der Waals surface area contributed by atoms with E-state index in [1.54, 1.807) is 4.90 Å². The maximum absolute atomic E-state index is 11.8. The zero-order valence-electron chi connectivity index (χ0n) is 9.93. The highest BCUT2D eigenvalue weighted by molar-refractivity contribution is 5.78. The molecule has 0 bridgehead atoms. The summed E-state index contributed by atoms with van der Waals surface area (Å²) in [6.45, 7) is 1.25. The SMILES string of the molecule is O=C(O)C1CCN(C(=O)COC2CCC2)CC1. The molecule has 0 aromatic carbocycles. The van der Waals surface area contributed by atoms with E-state index in [0.717, 1.165) is 12.8 Å². The molecular formula is C12H19NO4. The van der Waals surface area contributed by atoms with Gasteiger partial charge in [-0.1, -0.05) is 0 Å². The second kappa shape index (κ2) is 5.49. The van der Waals surface area contributed by atoms with E-state index in [-0.39, 0.29) is 24.5 Å². The molecule has 1 N–H and O–H groups in total. The Hall–Kier alpha value is -1.10. The highest BCUT2D eigenvalue weighted by Gasteiger charge is 2.27. The Kier molecular flexibility index (Phi) is 3.99. The highest BCUT2D eigenvalue weighted by atomic mass is 16.5. The molecule has 0 unspecified atom stereocenters. The van der Waals surface area contributed by atoms with E-state index in [1.165, 1.54) is 6.42 Å². The van der Waals surface area contributed by atoms with Crippen LogP contribution in [-0.2, 0) is 14.3 Å². The molecule has 0 radical (unpaired) electrons. The van der Waals surface area contributed by atoms with Crippen LogP contribution in [0.3, 0.4) is 0 Å². The van der Waals surface area contributed by atoms with Crippen LogP contribution < -0.4 is 0 Å². The number of carboxylic acid groups (broad SMARTS) is 1. The van der Waals surface area contributed by atoms with Crippen molar-refractivity contribution in [3.63, 3.8) is 0 Å². The molecule has 5 nitrogen and oxygen atoms in total. The van der Waals surface area contributed by atoms with Gasteiger partial charge in [0, 0.05) is 13.1 Å². The number of ether oxygens (including phenoxy) is 1. The van der Waals surface area contributed by atoms with Crippen molar-refractivity contribution in [3.05, 3.63) is 0 Å². The van der Waals surface area contributed by atoms with Crippen molar-refractivity contribution < 1.29 is 19.4 Å². The van der Waals surface area contributed by atoms with Crippen molar-refractivity contribution in [3.8, 4) is 0 Å². The lowest BCUT2D eigenvalue weighted by Gasteiger charge is -2.31. The van der Waals surface area contributed by atoms with E-state index in [0.29, 0.717) is 25.9 Å². The Labute approximate surface area is 101 Å². The number of nitrogens with zero attached hydrogens (tertiary/aromatic N) is 1. The normalized spacial score (nSPS) is 22.2. The van der Waals surface area contributed by atoms with E-state index in [2.05, 4.69) is 0 Å². The molecule has 1 heterocycles. The smallest absolute Gasteiger partial charge is 0.306 e. The third-order valence-electron chi connectivity index (χ3n) is 3.69. The first kappa shape index (κ1) is 12.4. The van der Waals surface area contributed by atoms with Crippen LogP contribution in [0.5, 0.6) is 0 Å². The summed E-state index contributed by atoms with van der Waals surface area (Å²) in [5, 5.41) is 8.85. The minimum Gasteiger partial charge on any atom is -0.481 e. The monoisotopic (exact) mass is 241 g/mol. The van der Waals surface area contributed by atoms with Crippen LogP contribution >= 0.6 is 0 Å². The molecule has 1 amide bonds. The summed E-state index contributed by atoms with van der Waals surface area (Å²) in [4.78, 5) is 24.3. The summed E-state index contributed by atoms with van der Waals surface area (Å²) in [7, 11) is 0. The molecule has 0 aromatic rings. The van der Waals surface area contributed by atoms with Gasteiger partial charge in [-0.2, -0.15) is 0 Å². The van der Waals surface area contributed by atoms with Gasteiger partial charge in [0.15, 0.2) is 0 Å². The fourth-order valence-corrected chi connectivity index (χ4v) is 2.19. The van der Waals surface area contributed by atoms with Gasteiger partial charge in [-0.3, -0.25) is 9.59 Å². The number of rotatable bonds is 4. The maximum atomic E-state index is 11.8. The van der Waals surface area contributed by atoms with E-state index < -0.39 is 5.97 Å². The average molecular weight is 241 g/mol. The van der Waals surface area contributed by atoms with Crippen LogP contribution in [0.25, 0.3) is 0 Å². The molecule has 1 saturated heterocycles. The van der Waals surface area contributed by atoms with Gasteiger partial charge >= 0.3 is 5.97 Å². The van der Waals surface area contributed by atoms with Crippen LogP contribution in [0.15, 0.2) is 0 Å². The van der Waals surface area contributed by atoms with Gasteiger partial charge in [-0.15, -0.1) is 0 Å². The molecule has 2 aliphatic rings. The van der Waals surface area contributed by atoms with Gasteiger partial charge in [0.25, 0.3) is 0 Å². The zero-order chi connectivity index (χ0) is 12.3. The molecule has 0 atom stereocenters. The third-order valence-corrected chi connectivity index (χ3v) is 3.69. The predicted molar refractivity (Wildman–Crippen MR) is 60.5 cm³/mol. The van der Waals surface area contributed by atoms with Crippen molar-refractivity contribution in [1.29, 1.82) is 0 Å². The summed E-state index contributed by atoms with van der Waals surface area (Å²) in [5.41, 5.74) is 0. The van der Waals surface area contributed by atoms with Crippen LogP contribution in [0, 0.1) is 5.92 Å². The molecule has 1 saturated carbocycles. The molecule has 2 fully saturated rings. The Morgan fingerprint density at radius 3 is 2.29 bits per heavy atom. The number of carboxylic acids is 1. The number of piperidine rings is 1. The van der Waals surface area contributed by atoms with Crippen LogP contribution in [0.1, 0.15) is 32.1 Å². The van der Waals surface area contributed by atoms with Crippen LogP contribution in [0.4, 0.5) is 0 Å². The van der Waals surface area contributed by atoms with Crippen molar-refractivity contribution >= 4 is 11.9 Å². The maximum Gasteiger partial charge on any atom is 0.306 e. The lowest BCUT2D eigenvalue weighted by molar-refractivity contribution is -0.148. The molecule has 2 rings (SSSR count). The number of carbonyl (C=O) groups excluding carboxylic acids is 1. The fourth-order valence-electron chi connectivity index (χ4n) is 2.19. The second-order valence-corrected chi connectivity index (χ2v) is 4.86. The molecule has 0 spiro atoms. The number of hydrogen-bond donors (Lipinski definition) is 1. The molecule has 17 heavy (non-hydrogen) atoms. The van der Waals surface area contributed by atoms with Gasteiger partial charge in [-0.25, -0.2) is 0 Å². The molecule has 5 heteroatoms. The predicted octanol–water partition coefficient (Wildman–Crippen LogP) is 0.879. The Balaban J connectivity index is 1.68. The minimum atomic E-state index is -0.747. The van der Waals surface area contributed by atoms with Crippen molar-refractivity contribution in [2.45, 2.75) is 38.2 Å². The van der Waals surface area contributed by atoms with Gasteiger partial charge in [0.2, 0.25) is 5.91 Å². The number of likely N-dealkylation sites (tertiary alicyclic amines) is 1. The van der Waals surface area contributed by atoms with Crippen LogP contribution in [-0.4, -0.2) is 47.7 Å². The fraction of sp³-hybridized carbons (Fsp3) is 0.833.